The van der Waals surface area contributed by atoms with Crippen molar-refractivity contribution in [3.05, 3.63) is 88.5 Å². The molecule has 0 aliphatic heterocycles. The van der Waals surface area contributed by atoms with Crippen LogP contribution in [0.4, 0.5) is 35.1 Å². The number of hydrogen-bond acceptors (Lipinski definition) is 5. The van der Waals surface area contributed by atoms with Gasteiger partial charge in [-0.1, -0.05) is 29.5 Å². The molecule has 0 radical (unpaired) electrons. The van der Waals surface area contributed by atoms with Crippen LogP contribution in [0.1, 0.15) is 28.4 Å². The van der Waals surface area contributed by atoms with E-state index in [1.807, 2.05) is 0 Å². The number of benzene rings is 2. The summed E-state index contributed by atoms with van der Waals surface area (Å²) >= 11 is 0. The van der Waals surface area contributed by atoms with Gasteiger partial charge in [0.15, 0.2) is 0 Å². The second kappa shape index (κ2) is 14.6. The predicted molar refractivity (Wildman–Crippen MR) is 144 cm³/mol. The van der Waals surface area contributed by atoms with Crippen LogP contribution in [0.3, 0.4) is 0 Å². The normalized spacial score (nSPS) is 12.9. The van der Waals surface area contributed by atoms with E-state index in [1.54, 1.807) is 0 Å². The molecular weight excluding hydrogens is 590 g/mol. The molecule has 2 aromatic carbocycles. The Labute approximate surface area is 241 Å². The second-order valence-electron chi connectivity index (χ2n) is 9.13. The molecule has 0 amide bonds. The van der Waals surface area contributed by atoms with Gasteiger partial charge in [-0.05, 0) is 54.5 Å². The largest absolute Gasteiger partial charge is 0.496 e. The summed E-state index contributed by atoms with van der Waals surface area (Å²) in [5, 5.41) is 7.70. The van der Waals surface area contributed by atoms with E-state index in [0.29, 0.717) is 6.29 Å². The van der Waals surface area contributed by atoms with E-state index in [0.717, 1.165) is 29.7 Å². The second-order valence-corrected chi connectivity index (χ2v) is 9.13. The molecule has 43 heavy (non-hydrogen) atoms. The van der Waals surface area contributed by atoms with Crippen molar-refractivity contribution in [1.82, 2.24) is 10.0 Å². The highest BCUT2D eigenvalue weighted by Crippen LogP contribution is 2.38. The van der Waals surface area contributed by atoms with Gasteiger partial charge in [-0.3, -0.25) is 4.79 Å². The van der Waals surface area contributed by atoms with Gasteiger partial charge in [0.1, 0.15) is 18.4 Å². The summed E-state index contributed by atoms with van der Waals surface area (Å²) in [6, 6.07) is 7.22. The predicted octanol–water partition coefficient (Wildman–Crippen LogP) is 8.07. The molecule has 0 fully saturated rings. The summed E-state index contributed by atoms with van der Waals surface area (Å²) < 4.78 is 112. The zero-order valence-electron chi connectivity index (χ0n) is 23.1. The number of methoxy groups -OCH3 is 1. The topological polar surface area (TPSA) is 81.4 Å². The molecule has 15 heteroatoms. The SMILES string of the molecule is C=C(/C=C(\C=C(/C)CN(/C=N/N(C)N=N)Cc1cc(C(F)(F)F)ccc1-c1cc(C=O)ccc1OC)C(F)F)C(F)(F)F. The van der Waals surface area contributed by atoms with Crippen LogP contribution in [0.2, 0.25) is 0 Å². The number of hydrazone groups is 1. The zero-order valence-corrected chi connectivity index (χ0v) is 23.1. The van der Waals surface area contributed by atoms with E-state index in [9.17, 15) is 39.9 Å². The van der Waals surface area contributed by atoms with Crippen LogP contribution in [-0.2, 0) is 12.7 Å². The first-order valence-corrected chi connectivity index (χ1v) is 12.2. The van der Waals surface area contributed by atoms with Crippen LogP contribution in [0.25, 0.3) is 11.1 Å². The van der Waals surface area contributed by atoms with Gasteiger partial charge in [0, 0.05) is 35.4 Å². The molecule has 0 unspecified atom stereocenters. The Hall–Kier alpha value is -4.56. The fourth-order valence-corrected chi connectivity index (χ4v) is 3.80. The molecule has 232 valence electrons. The fourth-order valence-electron chi connectivity index (χ4n) is 3.80. The average molecular weight is 618 g/mol. The van der Waals surface area contributed by atoms with Crippen LogP contribution in [0.5, 0.6) is 5.75 Å². The Morgan fingerprint density at radius 3 is 2.28 bits per heavy atom. The summed E-state index contributed by atoms with van der Waals surface area (Å²) in [5.74, 6) is 0.243. The van der Waals surface area contributed by atoms with Crippen molar-refractivity contribution >= 4 is 12.6 Å². The lowest BCUT2D eigenvalue weighted by Gasteiger charge is -2.24. The molecule has 0 spiro atoms. The summed E-state index contributed by atoms with van der Waals surface area (Å²) in [5.41, 5.74) is 4.44. The fraction of sp³-hybridized carbons (Fsp3) is 0.286. The number of alkyl halides is 8. The Balaban J connectivity index is 2.68. The highest BCUT2D eigenvalue weighted by Gasteiger charge is 2.32. The minimum absolute atomic E-state index is 0.0518. The molecule has 2 rings (SSSR count). The Morgan fingerprint density at radius 2 is 1.74 bits per heavy atom. The number of halogens is 8. The first-order valence-electron chi connectivity index (χ1n) is 12.2. The third kappa shape index (κ3) is 10.0. The standard InChI is InChI=1S/C28H27F8N5O2/c1-17(9-20(26(29)30)10-18(2)27(31,32)33)13-41(16-38-40(3)39-37)14-21-12-22(28(34,35)36)6-7-23(21)24-11-19(15-42)5-8-25(24)43-4/h5-12,15-16,26,37H,2,13-14H2,1,3-4H3/b17-9+,20-10+,38-16+,39-37?. The van der Waals surface area contributed by atoms with Crippen LogP contribution >= 0.6 is 0 Å². The lowest BCUT2D eigenvalue weighted by molar-refractivity contribution is -0.137. The maximum absolute atomic E-state index is 13.7. The first-order chi connectivity index (χ1) is 20.0. The van der Waals surface area contributed by atoms with Crippen LogP contribution in [-0.4, -0.2) is 55.9 Å². The molecule has 0 atom stereocenters. The summed E-state index contributed by atoms with van der Waals surface area (Å²) in [7, 11) is 2.61. The minimum atomic E-state index is -4.94. The molecule has 0 aliphatic carbocycles. The van der Waals surface area contributed by atoms with Crippen molar-refractivity contribution in [3.63, 3.8) is 0 Å². The Kier molecular flexibility index (Phi) is 11.7. The van der Waals surface area contributed by atoms with Crippen LogP contribution < -0.4 is 4.74 Å². The maximum Gasteiger partial charge on any atom is 0.416 e. The Bertz CT molecular complexity index is 1410. The first kappa shape index (κ1) is 34.6. The molecule has 0 aliphatic rings. The number of carbonyl (C=O) groups is 1. The molecular formula is C28H27F8N5O2. The molecule has 2 aromatic rings. The van der Waals surface area contributed by atoms with Gasteiger partial charge in [0.05, 0.1) is 19.7 Å². The summed E-state index contributed by atoms with van der Waals surface area (Å²) in [6.07, 6.45) is -10.3. The van der Waals surface area contributed by atoms with E-state index in [1.165, 1.54) is 50.2 Å². The van der Waals surface area contributed by atoms with Crippen LogP contribution in [0.15, 0.2) is 82.2 Å². The van der Waals surface area contributed by atoms with Gasteiger partial charge >= 0.3 is 12.4 Å². The lowest BCUT2D eigenvalue weighted by atomic mass is 9.95. The highest BCUT2D eigenvalue weighted by molar-refractivity contribution is 5.83. The number of nitrogens with zero attached hydrogens (tertiary/aromatic N) is 4. The Morgan fingerprint density at radius 1 is 1.07 bits per heavy atom. The molecule has 1 N–H and O–H groups in total. The monoisotopic (exact) mass is 617 g/mol. The number of rotatable bonds is 13. The van der Waals surface area contributed by atoms with E-state index in [-0.39, 0.29) is 52.7 Å². The van der Waals surface area contributed by atoms with E-state index in [4.69, 9.17) is 10.3 Å². The van der Waals surface area contributed by atoms with Gasteiger partial charge in [0.2, 0.25) is 0 Å². The van der Waals surface area contributed by atoms with Crippen molar-refractivity contribution in [2.45, 2.75) is 32.2 Å². The van der Waals surface area contributed by atoms with Gasteiger partial charge in [-0.2, -0.15) is 37.0 Å². The van der Waals surface area contributed by atoms with Crippen molar-refractivity contribution in [3.8, 4) is 16.9 Å². The third-order valence-electron chi connectivity index (χ3n) is 5.81. The summed E-state index contributed by atoms with van der Waals surface area (Å²) in [6.45, 7) is 3.47. The number of carbonyl (C=O) groups excluding carboxylic acids is 1. The van der Waals surface area contributed by atoms with Crippen molar-refractivity contribution in [2.75, 3.05) is 20.7 Å². The van der Waals surface area contributed by atoms with E-state index in [2.05, 4.69) is 16.9 Å². The number of hydrogen-bond donors (Lipinski definition) is 1. The number of ether oxygens (including phenoxy) is 1. The third-order valence-corrected chi connectivity index (χ3v) is 5.81. The zero-order chi connectivity index (χ0) is 32.5. The number of nitrogens with one attached hydrogen (secondary N) is 1. The highest BCUT2D eigenvalue weighted by atomic mass is 19.4. The van der Waals surface area contributed by atoms with Gasteiger partial charge in [0.25, 0.3) is 6.43 Å². The number of aldehydes is 1. The molecule has 0 bridgehead atoms. The van der Waals surface area contributed by atoms with E-state index >= 15 is 0 Å². The molecule has 0 aromatic heterocycles. The molecule has 0 heterocycles. The quantitative estimate of drug-likeness (QED) is 0.0469. The minimum Gasteiger partial charge on any atom is -0.496 e. The van der Waals surface area contributed by atoms with Crippen LogP contribution in [0, 0.1) is 5.53 Å². The molecule has 0 saturated heterocycles. The maximum atomic E-state index is 13.7. The van der Waals surface area contributed by atoms with E-state index < -0.39 is 35.5 Å². The van der Waals surface area contributed by atoms with Gasteiger partial charge in [-0.15, -0.1) is 5.10 Å². The number of allylic oxidation sites excluding steroid dienone is 4. The van der Waals surface area contributed by atoms with Gasteiger partial charge < -0.3 is 9.64 Å². The average Bonchev–Trinajstić information content (AvgIpc) is 2.93. The van der Waals surface area contributed by atoms with Crippen molar-refractivity contribution < 1.29 is 44.7 Å². The summed E-state index contributed by atoms with van der Waals surface area (Å²) in [4.78, 5) is 12.7. The molecule has 7 nitrogen and oxygen atoms in total. The van der Waals surface area contributed by atoms with Crippen molar-refractivity contribution in [1.29, 1.82) is 5.53 Å². The van der Waals surface area contributed by atoms with Crippen molar-refractivity contribution in [2.24, 2.45) is 10.3 Å². The molecule has 0 saturated carbocycles. The smallest absolute Gasteiger partial charge is 0.416 e. The van der Waals surface area contributed by atoms with Gasteiger partial charge in [-0.25, -0.2) is 8.78 Å². The lowest BCUT2D eigenvalue weighted by Crippen LogP contribution is -2.25.